The average molecular weight is 434 g/mol. The minimum Gasteiger partial charge on any atom is -0.368 e. The van der Waals surface area contributed by atoms with E-state index in [1.165, 1.54) is 23.0 Å². The zero-order valence-electron chi connectivity index (χ0n) is 16.5. The Hall–Kier alpha value is -2.98. The molecule has 0 aliphatic carbocycles. The number of pyridine rings is 1. The second-order valence-electron chi connectivity index (χ2n) is 7.37. The fourth-order valence-corrected chi connectivity index (χ4v) is 3.56. The van der Waals surface area contributed by atoms with Gasteiger partial charge in [-0.05, 0) is 30.2 Å². The number of benzene rings is 1. The summed E-state index contributed by atoms with van der Waals surface area (Å²) in [7, 11) is 0. The number of hydrogen-bond donors (Lipinski definition) is 0. The van der Waals surface area contributed by atoms with E-state index >= 15 is 0 Å². The molecule has 0 radical (unpaired) electrons. The lowest BCUT2D eigenvalue weighted by Gasteiger charge is -2.16. The Kier molecular flexibility index (Phi) is 5.92. The van der Waals surface area contributed by atoms with Crippen molar-refractivity contribution in [3.8, 4) is 0 Å². The molecule has 6 nitrogen and oxygen atoms in total. The Balaban J connectivity index is 1.35. The number of alkyl halides is 3. The third-order valence-corrected chi connectivity index (χ3v) is 5.17. The molecule has 1 saturated heterocycles. The van der Waals surface area contributed by atoms with Crippen LogP contribution < -0.4 is 0 Å². The normalized spacial score (nSPS) is 19.6. The van der Waals surface area contributed by atoms with Gasteiger partial charge in [0.05, 0.1) is 23.5 Å². The lowest BCUT2D eigenvalue weighted by Crippen LogP contribution is -2.24. The molecule has 2 aliphatic rings. The third kappa shape index (κ3) is 4.86. The van der Waals surface area contributed by atoms with Crippen molar-refractivity contribution >= 4 is 12.4 Å². The largest absolute Gasteiger partial charge is 0.433 e. The fraction of sp³-hybridized carbons (Fsp3) is 0.333. The summed E-state index contributed by atoms with van der Waals surface area (Å²) in [6.45, 7) is 5.80. The number of likely N-dealkylation sites (tertiary alicyclic amines) is 1. The highest BCUT2D eigenvalue weighted by Gasteiger charge is 2.33. The predicted octanol–water partition coefficient (Wildman–Crippen LogP) is 4.29. The Labute approximate surface area is 176 Å². The van der Waals surface area contributed by atoms with Crippen LogP contribution in [0.1, 0.15) is 23.2 Å². The van der Waals surface area contributed by atoms with Crippen molar-refractivity contribution in [1.29, 1.82) is 0 Å². The monoisotopic (exact) mass is 434 g/mol. The second-order valence-corrected chi connectivity index (χ2v) is 7.37. The smallest absolute Gasteiger partial charge is 0.368 e. The summed E-state index contributed by atoms with van der Waals surface area (Å²) >= 11 is 0. The van der Waals surface area contributed by atoms with E-state index in [9.17, 15) is 17.6 Å². The molecule has 1 aromatic carbocycles. The highest BCUT2D eigenvalue weighted by molar-refractivity contribution is 5.67. The topological polar surface area (TPSA) is 53.1 Å². The SMILES string of the molecule is C=[N+]1N=NC(c2ccccc2F)=C1COC1CCN(Cc2ccc(C(F)(F)F)nc2)C1. The maximum Gasteiger partial charge on any atom is 0.433 e. The maximum absolute atomic E-state index is 14.1. The van der Waals surface area contributed by atoms with Crippen LogP contribution >= 0.6 is 0 Å². The Morgan fingerprint density at radius 2 is 2.00 bits per heavy atom. The summed E-state index contributed by atoms with van der Waals surface area (Å²) in [5, 5.41) is 7.91. The van der Waals surface area contributed by atoms with Crippen LogP contribution in [0.5, 0.6) is 0 Å². The summed E-state index contributed by atoms with van der Waals surface area (Å²) in [5.41, 5.74) is 1.09. The van der Waals surface area contributed by atoms with Gasteiger partial charge < -0.3 is 4.74 Å². The number of hydrogen-bond acceptors (Lipinski definition) is 5. The summed E-state index contributed by atoms with van der Waals surface area (Å²) in [6, 6.07) is 8.73. The van der Waals surface area contributed by atoms with Crippen LogP contribution in [0.3, 0.4) is 0 Å². The molecule has 1 atom stereocenters. The average Bonchev–Trinajstić information content (AvgIpc) is 3.33. The van der Waals surface area contributed by atoms with Crippen LogP contribution in [0.2, 0.25) is 0 Å². The third-order valence-electron chi connectivity index (χ3n) is 5.17. The van der Waals surface area contributed by atoms with Crippen molar-refractivity contribution in [2.24, 2.45) is 10.3 Å². The van der Waals surface area contributed by atoms with Gasteiger partial charge in [-0.2, -0.15) is 13.2 Å². The van der Waals surface area contributed by atoms with Gasteiger partial charge >= 0.3 is 6.18 Å². The number of ether oxygens (including phenoxy) is 1. The lowest BCUT2D eigenvalue weighted by molar-refractivity contribution is -0.479. The first-order chi connectivity index (χ1) is 14.8. The highest BCUT2D eigenvalue weighted by Crippen LogP contribution is 2.30. The fourth-order valence-electron chi connectivity index (χ4n) is 3.56. The molecule has 1 aromatic heterocycles. The van der Waals surface area contributed by atoms with Crippen LogP contribution in [0.15, 0.2) is 58.6 Å². The molecule has 0 N–H and O–H groups in total. The van der Waals surface area contributed by atoms with Crippen molar-refractivity contribution in [1.82, 2.24) is 9.88 Å². The van der Waals surface area contributed by atoms with Crippen LogP contribution in [0, 0.1) is 5.82 Å². The van der Waals surface area contributed by atoms with Crippen molar-refractivity contribution < 1.29 is 27.0 Å². The molecular weight excluding hydrogens is 414 g/mol. The molecule has 1 fully saturated rings. The van der Waals surface area contributed by atoms with E-state index in [1.807, 2.05) is 0 Å². The second kappa shape index (κ2) is 8.64. The molecule has 0 bridgehead atoms. The zero-order valence-corrected chi connectivity index (χ0v) is 16.5. The molecule has 2 aromatic rings. The van der Waals surface area contributed by atoms with Crippen LogP contribution in [0.25, 0.3) is 5.70 Å². The molecule has 0 spiro atoms. The molecule has 31 heavy (non-hydrogen) atoms. The standard InChI is InChI=1S/C21H20F4N5O/c1-29-18(20(27-28-29)16-4-2-3-5-17(16)22)13-31-15-8-9-30(12-15)11-14-6-7-19(26-10-14)21(23,24)25/h2-7,10,15H,1,8-9,11-13H2/q+1. The minimum absolute atomic E-state index is 0.0780. The van der Waals surface area contributed by atoms with Gasteiger partial charge in [-0.3, -0.25) is 9.88 Å². The van der Waals surface area contributed by atoms with Crippen LogP contribution in [-0.4, -0.2) is 47.1 Å². The molecule has 0 saturated carbocycles. The van der Waals surface area contributed by atoms with Gasteiger partial charge in [0.25, 0.3) is 5.70 Å². The Morgan fingerprint density at radius 1 is 1.19 bits per heavy atom. The van der Waals surface area contributed by atoms with Crippen molar-refractivity contribution in [2.75, 3.05) is 19.7 Å². The molecule has 10 heteroatoms. The first kappa shape index (κ1) is 21.3. The number of rotatable bonds is 6. The molecule has 0 amide bonds. The van der Waals surface area contributed by atoms with Crippen molar-refractivity contribution in [3.63, 3.8) is 0 Å². The predicted molar refractivity (Wildman–Crippen MR) is 104 cm³/mol. The van der Waals surface area contributed by atoms with E-state index in [-0.39, 0.29) is 12.7 Å². The quantitative estimate of drug-likeness (QED) is 0.504. The van der Waals surface area contributed by atoms with E-state index in [4.69, 9.17) is 4.74 Å². The van der Waals surface area contributed by atoms with E-state index in [2.05, 4.69) is 26.9 Å². The van der Waals surface area contributed by atoms with Gasteiger partial charge in [0.1, 0.15) is 23.3 Å². The molecule has 4 rings (SSSR count). The van der Waals surface area contributed by atoms with Crippen LogP contribution in [-0.2, 0) is 17.5 Å². The van der Waals surface area contributed by atoms with Crippen LogP contribution in [0.4, 0.5) is 17.6 Å². The lowest BCUT2D eigenvalue weighted by atomic mass is 10.1. The number of nitrogens with zero attached hydrogens (tertiary/aromatic N) is 5. The number of aromatic nitrogens is 1. The van der Waals surface area contributed by atoms with Gasteiger partial charge in [-0.1, -0.05) is 18.2 Å². The van der Waals surface area contributed by atoms with Crippen molar-refractivity contribution in [2.45, 2.75) is 25.2 Å². The summed E-state index contributed by atoms with van der Waals surface area (Å²) in [6.07, 6.45) is -2.50. The molecular formula is C21H20F4N5O+. The molecule has 1 unspecified atom stereocenters. The summed E-state index contributed by atoms with van der Waals surface area (Å²) < 4.78 is 59.4. The number of halogens is 4. The van der Waals surface area contributed by atoms with Gasteiger partial charge in [0.15, 0.2) is 0 Å². The molecule has 162 valence electrons. The van der Waals surface area contributed by atoms with Gasteiger partial charge in [0.2, 0.25) is 5.70 Å². The summed E-state index contributed by atoms with van der Waals surface area (Å²) in [5.74, 6) is -0.401. The van der Waals surface area contributed by atoms with Gasteiger partial charge in [-0.15, -0.1) is 4.68 Å². The van der Waals surface area contributed by atoms with Crippen molar-refractivity contribution in [3.05, 3.63) is 70.9 Å². The van der Waals surface area contributed by atoms with Gasteiger partial charge in [0, 0.05) is 25.8 Å². The van der Waals surface area contributed by atoms with Gasteiger partial charge in [-0.25, -0.2) is 4.39 Å². The van der Waals surface area contributed by atoms with E-state index in [0.717, 1.165) is 19.0 Å². The molecule has 3 heterocycles. The van der Waals surface area contributed by atoms with E-state index in [1.54, 1.807) is 18.2 Å². The first-order valence-corrected chi connectivity index (χ1v) is 9.67. The summed E-state index contributed by atoms with van der Waals surface area (Å²) in [4.78, 5) is 5.59. The van der Waals surface area contributed by atoms with E-state index in [0.29, 0.717) is 35.6 Å². The molecule has 2 aliphatic heterocycles. The first-order valence-electron chi connectivity index (χ1n) is 9.67. The Morgan fingerprint density at radius 3 is 2.71 bits per heavy atom. The minimum atomic E-state index is -4.44. The maximum atomic E-state index is 14.1. The van der Waals surface area contributed by atoms with E-state index < -0.39 is 17.7 Å². The Bertz CT molecular complexity index is 1030. The highest BCUT2D eigenvalue weighted by atomic mass is 19.4. The zero-order chi connectivity index (χ0) is 22.0.